The molecule has 108 valence electrons. The second-order valence-electron chi connectivity index (χ2n) is 4.53. The molecule has 7 heteroatoms. The van der Waals surface area contributed by atoms with Crippen LogP contribution >= 0.6 is 27.3 Å². The highest BCUT2D eigenvalue weighted by atomic mass is 79.9. The Hall–Kier alpha value is -1.86. The number of nitrogen functional groups attached to an aromatic ring is 1. The largest absolute Gasteiger partial charge is 0.444 e. The SMILES string of the molecule is Cc1cnc(CNC(=O)c2sc3ccc(Br)cc3c2N)o1. The van der Waals surface area contributed by atoms with E-state index in [1.807, 2.05) is 18.2 Å². The van der Waals surface area contributed by atoms with Crippen molar-refractivity contribution in [3.63, 3.8) is 0 Å². The van der Waals surface area contributed by atoms with Gasteiger partial charge in [-0.15, -0.1) is 11.3 Å². The molecule has 0 atom stereocenters. The van der Waals surface area contributed by atoms with Crippen LogP contribution in [0.3, 0.4) is 0 Å². The highest BCUT2D eigenvalue weighted by Crippen LogP contribution is 2.35. The second-order valence-corrected chi connectivity index (χ2v) is 6.50. The molecule has 0 fully saturated rings. The highest BCUT2D eigenvalue weighted by Gasteiger charge is 2.17. The van der Waals surface area contributed by atoms with Crippen LogP contribution in [0.15, 0.2) is 33.3 Å². The first-order valence-electron chi connectivity index (χ1n) is 6.21. The first-order valence-corrected chi connectivity index (χ1v) is 7.82. The Morgan fingerprint density at radius 1 is 1.52 bits per heavy atom. The number of nitrogens with one attached hydrogen (secondary N) is 1. The van der Waals surface area contributed by atoms with E-state index in [9.17, 15) is 4.79 Å². The number of nitrogens with zero attached hydrogens (tertiary/aromatic N) is 1. The van der Waals surface area contributed by atoms with Gasteiger partial charge in [-0.1, -0.05) is 15.9 Å². The van der Waals surface area contributed by atoms with Gasteiger partial charge in [0.1, 0.15) is 10.6 Å². The lowest BCUT2D eigenvalue weighted by Crippen LogP contribution is -2.22. The van der Waals surface area contributed by atoms with Crippen LogP contribution < -0.4 is 11.1 Å². The number of anilines is 1. The Kier molecular flexibility index (Phi) is 3.69. The molecule has 21 heavy (non-hydrogen) atoms. The average Bonchev–Trinajstić information content (AvgIpc) is 3.01. The number of fused-ring (bicyclic) bond motifs is 1. The number of carbonyl (C=O) groups excluding carboxylic acids is 1. The van der Waals surface area contributed by atoms with Crippen LogP contribution in [0.1, 0.15) is 21.3 Å². The molecule has 0 saturated heterocycles. The van der Waals surface area contributed by atoms with Crippen molar-refractivity contribution in [3.8, 4) is 0 Å². The van der Waals surface area contributed by atoms with Crippen LogP contribution in [0.5, 0.6) is 0 Å². The lowest BCUT2D eigenvalue weighted by atomic mass is 10.2. The summed E-state index contributed by atoms with van der Waals surface area (Å²) in [7, 11) is 0. The number of benzene rings is 1. The van der Waals surface area contributed by atoms with Gasteiger partial charge in [0.2, 0.25) is 5.89 Å². The fourth-order valence-electron chi connectivity index (χ4n) is 1.98. The summed E-state index contributed by atoms with van der Waals surface area (Å²) in [6, 6.07) is 5.78. The smallest absolute Gasteiger partial charge is 0.263 e. The predicted octanol–water partition coefficient (Wildman–Crippen LogP) is 3.47. The van der Waals surface area contributed by atoms with Gasteiger partial charge < -0.3 is 15.5 Å². The van der Waals surface area contributed by atoms with Crippen molar-refractivity contribution in [3.05, 3.63) is 45.4 Å². The number of amides is 1. The van der Waals surface area contributed by atoms with E-state index in [1.54, 1.807) is 13.1 Å². The van der Waals surface area contributed by atoms with Gasteiger partial charge in [-0.05, 0) is 25.1 Å². The van der Waals surface area contributed by atoms with Gasteiger partial charge in [-0.25, -0.2) is 4.98 Å². The highest BCUT2D eigenvalue weighted by molar-refractivity contribution is 9.10. The number of oxazole rings is 1. The van der Waals surface area contributed by atoms with E-state index in [1.165, 1.54) is 11.3 Å². The van der Waals surface area contributed by atoms with Crippen molar-refractivity contribution in [1.29, 1.82) is 0 Å². The maximum atomic E-state index is 12.2. The molecule has 2 heterocycles. The molecule has 0 aliphatic carbocycles. The minimum absolute atomic E-state index is 0.222. The van der Waals surface area contributed by atoms with Gasteiger partial charge in [0.05, 0.1) is 18.4 Å². The molecule has 0 radical (unpaired) electrons. The number of halogens is 1. The van der Waals surface area contributed by atoms with Gasteiger partial charge in [0, 0.05) is 14.6 Å². The first kappa shape index (κ1) is 14.1. The van der Waals surface area contributed by atoms with E-state index in [4.69, 9.17) is 10.2 Å². The average molecular weight is 366 g/mol. The molecule has 5 nitrogen and oxygen atoms in total. The van der Waals surface area contributed by atoms with E-state index in [0.29, 0.717) is 22.2 Å². The molecule has 1 amide bonds. The molecule has 0 saturated carbocycles. The van der Waals surface area contributed by atoms with Crippen LogP contribution in [0.4, 0.5) is 5.69 Å². The number of aryl methyl sites for hydroxylation is 1. The molecule has 0 bridgehead atoms. The molecule has 0 aliphatic heterocycles. The maximum absolute atomic E-state index is 12.2. The van der Waals surface area contributed by atoms with Crippen molar-refractivity contribution in [2.75, 3.05) is 5.73 Å². The minimum atomic E-state index is -0.222. The molecule has 1 aromatic carbocycles. The van der Waals surface area contributed by atoms with E-state index >= 15 is 0 Å². The molecule has 0 spiro atoms. The van der Waals surface area contributed by atoms with Gasteiger partial charge in [-0.2, -0.15) is 0 Å². The zero-order valence-corrected chi connectivity index (χ0v) is 13.5. The number of carbonyl (C=O) groups is 1. The van der Waals surface area contributed by atoms with E-state index < -0.39 is 0 Å². The Labute approximate surface area is 133 Å². The number of hydrogen-bond acceptors (Lipinski definition) is 5. The fraction of sp³-hybridized carbons (Fsp3) is 0.143. The summed E-state index contributed by atoms with van der Waals surface area (Å²) >= 11 is 4.78. The van der Waals surface area contributed by atoms with Gasteiger partial charge in [0.15, 0.2) is 0 Å². The molecular formula is C14H12BrN3O2S. The minimum Gasteiger partial charge on any atom is -0.444 e. The van der Waals surface area contributed by atoms with Crippen molar-refractivity contribution in [2.24, 2.45) is 0 Å². The first-order chi connectivity index (χ1) is 10.0. The molecule has 0 aliphatic rings. The van der Waals surface area contributed by atoms with E-state index in [-0.39, 0.29) is 12.5 Å². The summed E-state index contributed by atoms with van der Waals surface area (Å²) in [6.45, 7) is 2.05. The summed E-state index contributed by atoms with van der Waals surface area (Å²) in [4.78, 5) is 16.8. The van der Waals surface area contributed by atoms with Gasteiger partial charge in [0.25, 0.3) is 5.91 Å². The van der Waals surface area contributed by atoms with E-state index in [2.05, 4.69) is 26.2 Å². The summed E-state index contributed by atoms with van der Waals surface area (Å²) in [5, 5.41) is 3.65. The Balaban J connectivity index is 1.82. The maximum Gasteiger partial charge on any atom is 0.263 e. The third-order valence-corrected chi connectivity index (χ3v) is 4.64. The standard InChI is InChI=1S/C14H12BrN3O2S/c1-7-5-17-11(20-7)6-18-14(19)13-12(16)9-4-8(15)2-3-10(9)21-13/h2-5H,6,16H2,1H3,(H,18,19). The van der Waals surface area contributed by atoms with Gasteiger partial charge >= 0.3 is 0 Å². The summed E-state index contributed by atoms with van der Waals surface area (Å²) in [5.74, 6) is 0.967. The zero-order chi connectivity index (χ0) is 15.0. The number of rotatable bonds is 3. The topological polar surface area (TPSA) is 81.2 Å². The molecule has 3 N–H and O–H groups in total. The molecule has 0 unspecified atom stereocenters. The number of thiophene rings is 1. The summed E-state index contributed by atoms with van der Waals surface area (Å²) < 4.78 is 7.23. The lowest BCUT2D eigenvalue weighted by Gasteiger charge is -2.01. The van der Waals surface area contributed by atoms with Crippen molar-refractivity contribution >= 4 is 48.9 Å². The Morgan fingerprint density at radius 3 is 3.05 bits per heavy atom. The number of aromatic nitrogens is 1. The number of hydrogen-bond donors (Lipinski definition) is 2. The van der Waals surface area contributed by atoms with Crippen LogP contribution in [0.25, 0.3) is 10.1 Å². The van der Waals surface area contributed by atoms with Crippen LogP contribution in [-0.2, 0) is 6.54 Å². The van der Waals surface area contributed by atoms with Crippen LogP contribution in [0.2, 0.25) is 0 Å². The molecule has 3 rings (SSSR count). The van der Waals surface area contributed by atoms with E-state index in [0.717, 1.165) is 14.6 Å². The predicted molar refractivity (Wildman–Crippen MR) is 86.3 cm³/mol. The quantitative estimate of drug-likeness (QED) is 0.744. The van der Waals surface area contributed by atoms with Crippen molar-refractivity contribution in [1.82, 2.24) is 10.3 Å². The van der Waals surface area contributed by atoms with Crippen LogP contribution in [0, 0.1) is 6.92 Å². The third kappa shape index (κ3) is 2.79. The zero-order valence-electron chi connectivity index (χ0n) is 11.1. The summed E-state index contributed by atoms with van der Waals surface area (Å²) in [5.41, 5.74) is 6.57. The van der Waals surface area contributed by atoms with Crippen molar-refractivity contribution in [2.45, 2.75) is 13.5 Å². The molecular weight excluding hydrogens is 354 g/mol. The summed E-state index contributed by atoms with van der Waals surface area (Å²) in [6.07, 6.45) is 1.62. The fourth-order valence-corrected chi connectivity index (χ4v) is 3.36. The molecule has 3 aromatic rings. The number of nitrogens with two attached hydrogens (primary N) is 1. The molecule has 2 aromatic heterocycles. The normalized spacial score (nSPS) is 11.0. The van der Waals surface area contributed by atoms with Gasteiger partial charge in [-0.3, -0.25) is 4.79 Å². The Morgan fingerprint density at radius 2 is 2.33 bits per heavy atom. The Bertz CT molecular complexity index is 825. The second kappa shape index (κ2) is 5.50. The van der Waals surface area contributed by atoms with Crippen LogP contribution in [-0.4, -0.2) is 10.9 Å². The van der Waals surface area contributed by atoms with Crippen molar-refractivity contribution < 1.29 is 9.21 Å². The monoisotopic (exact) mass is 365 g/mol. The lowest BCUT2D eigenvalue weighted by molar-refractivity contribution is 0.0952. The third-order valence-electron chi connectivity index (χ3n) is 2.96.